The second kappa shape index (κ2) is 5.18. The molecule has 2 heterocycles. The van der Waals surface area contributed by atoms with Crippen molar-refractivity contribution in [2.45, 2.75) is 20.4 Å². The van der Waals surface area contributed by atoms with Crippen LogP contribution in [0.15, 0.2) is 22.9 Å². The summed E-state index contributed by atoms with van der Waals surface area (Å²) in [6.07, 6.45) is 0. The number of carboxylic acid groups (broad SMARTS) is 1. The van der Waals surface area contributed by atoms with E-state index in [-0.39, 0.29) is 5.56 Å². The number of hydrogen-bond acceptors (Lipinski definition) is 4. The first-order chi connectivity index (χ1) is 8.58. The van der Waals surface area contributed by atoms with E-state index in [0.29, 0.717) is 18.1 Å². The van der Waals surface area contributed by atoms with Crippen LogP contribution < -0.4 is 5.32 Å². The molecule has 2 N–H and O–H groups in total. The van der Waals surface area contributed by atoms with E-state index in [4.69, 9.17) is 5.11 Å². The smallest absolute Gasteiger partial charge is 0.337 e. The maximum Gasteiger partial charge on any atom is 0.337 e. The Morgan fingerprint density at radius 1 is 1.39 bits per heavy atom. The number of anilines is 1. The van der Waals surface area contributed by atoms with Crippen molar-refractivity contribution in [1.29, 1.82) is 0 Å². The molecule has 4 nitrogen and oxygen atoms in total. The zero-order chi connectivity index (χ0) is 13.1. The van der Waals surface area contributed by atoms with Crippen molar-refractivity contribution in [2.24, 2.45) is 0 Å². The summed E-state index contributed by atoms with van der Waals surface area (Å²) < 4.78 is 0. The molecule has 0 aliphatic carbocycles. The maximum atomic E-state index is 10.9. The van der Waals surface area contributed by atoms with E-state index in [1.54, 1.807) is 30.4 Å². The lowest BCUT2D eigenvalue weighted by molar-refractivity contribution is 0.0695. The number of carbonyl (C=O) groups is 1. The predicted octanol–water partition coefficient (Wildman–Crippen LogP) is 3.07. The molecule has 0 aromatic carbocycles. The van der Waals surface area contributed by atoms with Crippen molar-refractivity contribution in [3.05, 3.63) is 45.3 Å². The van der Waals surface area contributed by atoms with E-state index in [2.05, 4.69) is 28.0 Å². The molecule has 2 aromatic heterocycles. The number of nitrogens with zero attached hydrogens (tertiary/aromatic N) is 1. The minimum atomic E-state index is -0.944. The van der Waals surface area contributed by atoms with Crippen molar-refractivity contribution in [3.63, 3.8) is 0 Å². The number of aromatic carboxylic acids is 1. The van der Waals surface area contributed by atoms with Crippen LogP contribution in [0, 0.1) is 13.8 Å². The molecule has 0 saturated heterocycles. The van der Waals surface area contributed by atoms with Crippen LogP contribution in [-0.2, 0) is 6.54 Å². The Morgan fingerprint density at radius 2 is 2.17 bits per heavy atom. The molecule has 0 aliphatic rings. The first-order valence-electron chi connectivity index (χ1n) is 5.54. The third kappa shape index (κ3) is 2.68. The van der Waals surface area contributed by atoms with E-state index in [1.165, 1.54) is 11.1 Å². The van der Waals surface area contributed by atoms with E-state index in [1.807, 2.05) is 0 Å². The molecule has 5 heteroatoms. The Labute approximate surface area is 109 Å². The molecule has 0 saturated carbocycles. The van der Waals surface area contributed by atoms with Gasteiger partial charge >= 0.3 is 5.97 Å². The normalized spacial score (nSPS) is 10.3. The summed E-state index contributed by atoms with van der Waals surface area (Å²) in [6.45, 7) is 4.47. The zero-order valence-corrected chi connectivity index (χ0v) is 11.0. The Morgan fingerprint density at radius 3 is 2.72 bits per heavy atom. The molecular formula is C13H14N2O2S. The van der Waals surface area contributed by atoms with Gasteiger partial charge in [-0.3, -0.25) is 0 Å². The number of hydrogen-bond donors (Lipinski definition) is 2. The molecule has 0 aliphatic heterocycles. The standard InChI is InChI=1S/C13H14N2O2S/c1-8-6-18-7-10(8)5-14-12-4-3-11(13(16)17)9(2)15-12/h3-4,6-7H,5H2,1-2H3,(H,14,15)(H,16,17). The Balaban J connectivity index is 2.09. The molecule has 0 fully saturated rings. The summed E-state index contributed by atoms with van der Waals surface area (Å²) in [7, 11) is 0. The van der Waals surface area contributed by atoms with Crippen LogP contribution in [0.25, 0.3) is 0 Å². The van der Waals surface area contributed by atoms with Gasteiger partial charge in [0.05, 0.1) is 11.3 Å². The first-order valence-corrected chi connectivity index (χ1v) is 6.48. The van der Waals surface area contributed by atoms with Crippen molar-refractivity contribution in [2.75, 3.05) is 5.32 Å². The molecule has 2 rings (SSSR count). The molecule has 0 spiro atoms. The monoisotopic (exact) mass is 262 g/mol. The molecule has 0 bridgehead atoms. The molecule has 0 amide bonds. The number of aryl methyl sites for hydroxylation is 2. The molecule has 0 atom stereocenters. The van der Waals surface area contributed by atoms with Gasteiger partial charge in [0.25, 0.3) is 0 Å². The highest BCUT2D eigenvalue weighted by Gasteiger charge is 2.08. The number of aromatic nitrogens is 1. The van der Waals surface area contributed by atoms with Gasteiger partial charge in [0.2, 0.25) is 0 Å². The lowest BCUT2D eigenvalue weighted by Gasteiger charge is -2.07. The molecule has 2 aromatic rings. The second-order valence-electron chi connectivity index (χ2n) is 4.07. The summed E-state index contributed by atoms with van der Waals surface area (Å²) in [6, 6.07) is 3.27. The number of nitrogens with one attached hydrogen (secondary N) is 1. The third-order valence-corrected chi connectivity index (χ3v) is 3.65. The average molecular weight is 262 g/mol. The Hall–Kier alpha value is -1.88. The van der Waals surface area contributed by atoms with Crippen molar-refractivity contribution < 1.29 is 9.90 Å². The van der Waals surface area contributed by atoms with Crippen molar-refractivity contribution in [3.8, 4) is 0 Å². The molecular weight excluding hydrogens is 248 g/mol. The van der Waals surface area contributed by atoms with Crippen LogP contribution in [-0.4, -0.2) is 16.1 Å². The van der Waals surface area contributed by atoms with E-state index in [0.717, 1.165) is 0 Å². The van der Waals surface area contributed by atoms with Crippen LogP contribution >= 0.6 is 11.3 Å². The lowest BCUT2D eigenvalue weighted by Crippen LogP contribution is -2.06. The van der Waals surface area contributed by atoms with Gasteiger partial charge in [0.1, 0.15) is 5.82 Å². The molecule has 0 radical (unpaired) electrons. The van der Waals surface area contributed by atoms with Crippen LogP contribution in [0.2, 0.25) is 0 Å². The van der Waals surface area contributed by atoms with Gasteiger partial charge in [-0.25, -0.2) is 9.78 Å². The fourth-order valence-electron chi connectivity index (χ4n) is 1.64. The largest absolute Gasteiger partial charge is 0.478 e. The van der Waals surface area contributed by atoms with E-state index >= 15 is 0 Å². The van der Waals surface area contributed by atoms with Gasteiger partial charge in [-0.1, -0.05) is 0 Å². The third-order valence-electron chi connectivity index (χ3n) is 2.74. The van der Waals surface area contributed by atoms with Gasteiger partial charge in [-0.2, -0.15) is 11.3 Å². The minimum Gasteiger partial charge on any atom is -0.478 e. The summed E-state index contributed by atoms with van der Waals surface area (Å²) in [5.41, 5.74) is 3.26. The van der Waals surface area contributed by atoms with Crippen LogP contribution in [0.5, 0.6) is 0 Å². The average Bonchev–Trinajstić information content (AvgIpc) is 2.72. The minimum absolute atomic E-state index is 0.243. The first kappa shape index (κ1) is 12.6. The van der Waals surface area contributed by atoms with Gasteiger partial charge < -0.3 is 10.4 Å². The summed E-state index contributed by atoms with van der Waals surface area (Å²) in [5, 5.41) is 16.3. The highest BCUT2D eigenvalue weighted by atomic mass is 32.1. The lowest BCUT2D eigenvalue weighted by atomic mass is 10.2. The Kier molecular flexibility index (Phi) is 3.62. The van der Waals surface area contributed by atoms with E-state index < -0.39 is 5.97 Å². The summed E-state index contributed by atoms with van der Waals surface area (Å²) >= 11 is 1.67. The SMILES string of the molecule is Cc1cscc1CNc1ccc(C(=O)O)c(C)n1. The highest BCUT2D eigenvalue weighted by molar-refractivity contribution is 7.08. The summed E-state index contributed by atoms with van der Waals surface area (Å²) in [4.78, 5) is 15.1. The Bertz CT molecular complexity index is 578. The van der Waals surface area contributed by atoms with Crippen LogP contribution in [0.4, 0.5) is 5.82 Å². The molecule has 94 valence electrons. The molecule has 0 unspecified atom stereocenters. The summed E-state index contributed by atoms with van der Waals surface area (Å²) in [5.74, 6) is -0.247. The van der Waals surface area contributed by atoms with Crippen molar-refractivity contribution >= 4 is 23.1 Å². The quantitative estimate of drug-likeness (QED) is 0.889. The second-order valence-corrected chi connectivity index (χ2v) is 4.81. The van der Waals surface area contributed by atoms with Crippen molar-refractivity contribution in [1.82, 2.24) is 4.98 Å². The topological polar surface area (TPSA) is 62.2 Å². The predicted molar refractivity (Wildman–Crippen MR) is 72.3 cm³/mol. The number of carboxylic acids is 1. The number of thiophene rings is 1. The van der Waals surface area contributed by atoms with Gasteiger partial charge in [-0.05, 0) is 47.9 Å². The number of rotatable bonds is 4. The highest BCUT2D eigenvalue weighted by Crippen LogP contribution is 2.16. The fraction of sp³-hybridized carbons (Fsp3) is 0.231. The van der Waals surface area contributed by atoms with E-state index in [9.17, 15) is 4.79 Å². The van der Waals surface area contributed by atoms with Gasteiger partial charge in [-0.15, -0.1) is 0 Å². The fourth-order valence-corrected chi connectivity index (χ4v) is 2.50. The van der Waals surface area contributed by atoms with Gasteiger partial charge in [0.15, 0.2) is 0 Å². The number of pyridine rings is 1. The maximum absolute atomic E-state index is 10.9. The van der Waals surface area contributed by atoms with Crippen LogP contribution in [0.1, 0.15) is 27.2 Å². The zero-order valence-electron chi connectivity index (χ0n) is 10.2. The van der Waals surface area contributed by atoms with Crippen LogP contribution in [0.3, 0.4) is 0 Å². The van der Waals surface area contributed by atoms with Gasteiger partial charge in [0, 0.05) is 6.54 Å². The molecule has 18 heavy (non-hydrogen) atoms.